The van der Waals surface area contributed by atoms with E-state index in [1.807, 2.05) is 0 Å². The molecule has 2 aromatic rings. The number of carbonyl (C=O) groups excluding carboxylic acids is 3. The molecular formula is C15H9F2N3O4. The quantitative estimate of drug-likeness (QED) is 0.839. The summed E-state index contributed by atoms with van der Waals surface area (Å²) in [5.41, 5.74) is 0.122. The number of pyridine rings is 1. The van der Waals surface area contributed by atoms with E-state index in [1.54, 1.807) is 0 Å². The first kappa shape index (κ1) is 14.5. The highest BCUT2D eigenvalue weighted by Crippen LogP contribution is 2.43. The molecule has 9 heteroatoms. The third-order valence-corrected chi connectivity index (χ3v) is 4.21. The Labute approximate surface area is 133 Å². The lowest BCUT2D eigenvalue weighted by molar-refractivity contribution is -0.134. The summed E-state index contributed by atoms with van der Waals surface area (Å²) in [5, 5.41) is 2.38. The summed E-state index contributed by atoms with van der Waals surface area (Å²) in [6.45, 7) is 0. The number of rotatable bonds is 2. The van der Waals surface area contributed by atoms with Crippen LogP contribution in [-0.4, -0.2) is 28.7 Å². The summed E-state index contributed by atoms with van der Waals surface area (Å²) in [7, 11) is 0. The highest BCUT2D eigenvalue weighted by molar-refractivity contribution is 6.27. The molecule has 122 valence electrons. The zero-order chi connectivity index (χ0) is 17.0. The zero-order valence-electron chi connectivity index (χ0n) is 12.0. The van der Waals surface area contributed by atoms with E-state index in [4.69, 9.17) is 0 Å². The van der Waals surface area contributed by atoms with Crippen LogP contribution in [0.25, 0.3) is 10.9 Å². The summed E-state index contributed by atoms with van der Waals surface area (Å²) < 4.78 is 26.6. The number of aromatic nitrogens is 1. The number of nitrogens with one attached hydrogen (secondary N) is 1. The molecule has 1 aromatic heterocycles. The van der Waals surface area contributed by atoms with Crippen molar-refractivity contribution in [2.45, 2.75) is 18.9 Å². The normalized spacial score (nSPS) is 19.8. The highest BCUT2D eigenvalue weighted by atomic mass is 19.3. The Morgan fingerprint density at radius 1 is 1.33 bits per heavy atom. The Bertz CT molecular complexity index is 931. The molecule has 0 saturated carbocycles. The number of nitrogens with zero attached hydrogens (tertiary/aromatic N) is 2. The average molecular weight is 333 g/mol. The molecule has 3 heterocycles. The molecule has 0 aliphatic carbocycles. The fourth-order valence-corrected chi connectivity index (χ4v) is 3.19. The summed E-state index contributed by atoms with van der Waals surface area (Å²) in [6.07, 6.45) is 1.49. The van der Waals surface area contributed by atoms with E-state index in [2.05, 4.69) is 15.2 Å². The maximum atomic E-state index is 14.0. The number of anilines is 1. The molecule has 24 heavy (non-hydrogen) atoms. The second-order valence-corrected chi connectivity index (χ2v) is 5.51. The van der Waals surface area contributed by atoms with Gasteiger partial charge in [-0.3, -0.25) is 34.5 Å². The molecule has 3 amide bonds. The van der Waals surface area contributed by atoms with Crippen LogP contribution in [0.4, 0.5) is 14.6 Å². The van der Waals surface area contributed by atoms with Gasteiger partial charge in [-0.25, -0.2) is 4.39 Å². The van der Waals surface area contributed by atoms with Crippen LogP contribution in [0.5, 0.6) is 5.75 Å². The topological polar surface area (TPSA) is 88.6 Å². The maximum Gasteiger partial charge on any atom is 0.259 e. The number of halogens is 2. The van der Waals surface area contributed by atoms with Gasteiger partial charge in [0.25, 0.3) is 5.91 Å². The van der Waals surface area contributed by atoms with Crippen molar-refractivity contribution >= 4 is 34.3 Å². The molecule has 0 radical (unpaired) electrons. The minimum Gasteiger partial charge on any atom is -0.295 e. The van der Waals surface area contributed by atoms with Gasteiger partial charge in [0, 0.05) is 22.5 Å². The lowest BCUT2D eigenvalue weighted by Gasteiger charge is -2.30. The molecule has 0 spiro atoms. The van der Waals surface area contributed by atoms with E-state index in [-0.39, 0.29) is 29.3 Å². The zero-order valence-corrected chi connectivity index (χ0v) is 12.0. The fraction of sp³-hybridized carbons (Fsp3) is 0.200. The first-order chi connectivity index (χ1) is 11.5. The van der Waals surface area contributed by atoms with Gasteiger partial charge in [-0.2, -0.15) is 0 Å². The minimum atomic E-state index is -1.07. The van der Waals surface area contributed by atoms with Gasteiger partial charge in [-0.15, -0.1) is 0 Å². The highest BCUT2D eigenvalue weighted by Gasteiger charge is 2.42. The van der Waals surface area contributed by atoms with Crippen LogP contribution >= 0.6 is 0 Å². The van der Waals surface area contributed by atoms with Gasteiger partial charge >= 0.3 is 0 Å². The predicted molar refractivity (Wildman–Crippen MR) is 76.4 cm³/mol. The molecule has 1 saturated heterocycles. The van der Waals surface area contributed by atoms with Crippen molar-refractivity contribution in [1.82, 2.24) is 10.3 Å². The molecule has 1 fully saturated rings. The standard InChI is InChI=1S/C15H9F2N3O4/c16-7-5-6-11-8(3-4-18-12(11)13(7)24-17)20(15(6)23)9-1-2-10(21)19-14(9)22/h3-5,9H,1-2H2,(H,19,21,22). The second-order valence-electron chi connectivity index (χ2n) is 5.51. The first-order valence-electron chi connectivity index (χ1n) is 7.10. The minimum absolute atomic E-state index is 0.0314. The van der Waals surface area contributed by atoms with Gasteiger partial charge in [0.1, 0.15) is 11.6 Å². The van der Waals surface area contributed by atoms with Crippen molar-refractivity contribution in [3.05, 3.63) is 29.7 Å². The number of hydrogen-bond acceptors (Lipinski definition) is 5. The van der Waals surface area contributed by atoms with E-state index < -0.39 is 35.3 Å². The summed E-state index contributed by atoms with van der Waals surface area (Å²) in [6, 6.07) is 1.42. The van der Waals surface area contributed by atoms with E-state index in [0.717, 1.165) is 6.07 Å². The van der Waals surface area contributed by atoms with Crippen molar-refractivity contribution in [2.75, 3.05) is 4.90 Å². The van der Waals surface area contributed by atoms with E-state index in [0.29, 0.717) is 5.69 Å². The van der Waals surface area contributed by atoms with Crippen molar-refractivity contribution in [2.24, 2.45) is 0 Å². The van der Waals surface area contributed by atoms with Gasteiger partial charge < -0.3 is 0 Å². The van der Waals surface area contributed by atoms with Crippen LogP contribution in [0.2, 0.25) is 0 Å². The van der Waals surface area contributed by atoms with Crippen molar-refractivity contribution < 1.29 is 28.2 Å². The van der Waals surface area contributed by atoms with E-state index >= 15 is 0 Å². The van der Waals surface area contributed by atoms with Crippen LogP contribution in [0.3, 0.4) is 0 Å². The predicted octanol–water partition coefficient (Wildman–Crippen LogP) is 1.40. The summed E-state index contributed by atoms with van der Waals surface area (Å²) in [5.74, 6) is -3.42. The third kappa shape index (κ3) is 1.81. The Balaban J connectivity index is 1.91. The van der Waals surface area contributed by atoms with Gasteiger partial charge in [-0.1, -0.05) is 0 Å². The SMILES string of the molecule is O=C1CCC(N2C(=O)c3cc(F)c(OF)c4nccc2c34)C(=O)N1. The number of imide groups is 1. The largest absolute Gasteiger partial charge is 0.295 e. The van der Waals surface area contributed by atoms with Crippen LogP contribution in [0, 0.1) is 5.82 Å². The van der Waals surface area contributed by atoms with Gasteiger partial charge in [0.15, 0.2) is 5.82 Å². The summed E-state index contributed by atoms with van der Waals surface area (Å²) >= 11 is 0. The lowest BCUT2D eigenvalue weighted by Crippen LogP contribution is -2.53. The molecule has 4 rings (SSSR count). The van der Waals surface area contributed by atoms with Gasteiger partial charge in [0.2, 0.25) is 17.6 Å². The average Bonchev–Trinajstić information content (AvgIpc) is 2.82. The molecule has 7 nitrogen and oxygen atoms in total. The monoisotopic (exact) mass is 333 g/mol. The molecule has 2 aliphatic heterocycles. The van der Waals surface area contributed by atoms with Crippen molar-refractivity contribution in [3.63, 3.8) is 0 Å². The Hall–Kier alpha value is -3.10. The molecule has 1 aromatic carbocycles. The van der Waals surface area contributed by atoms with Crippen LogP contribution in [-0.2, 0) is 9.59 Å². The molecule has 1 atom stereocenters. The molecule has 2 aliphatic rings. The summed E-state index contributed by atoms with van der Waals surface area (Å²) in [4.78, 5) is 44.7. The number of amides is 3. The third-order valence-electron chi connectivity index (χ3n) is 4.21. The fourth-order valence-electron chi connectivity index (χ4n) is 3.19. The molecule has 0 bridgehead atoms. The Morgan fingerprint density at radius 2 is 2.12 bits per heavy atom. The number of benzene rings is 1. The van der Waals surface area contributed by atoms with Crippen LogP contribution in [0.15, 0.2) is 18.3 Å². The van der Waals surface area contributed by atoms with Crippen LogP contribution < -0.4 is 15.2 Å². The number of carbonyl (C=O) groups is 3. The smallest absolute Gasteiger partial charge is 0.259 e. The first-order valence-corrected chi connectivity index (χ1v) is 7.10. The van der Waals surface area contributed by atoms with Crippen molar-refractivity contribution in [3.8, 4) is 5.75 Å². The molecule has 1 N–H and O–H groups in total. The van der Waals surface area contributed by atoms with E-state index in [9.17, 15) is 23.3 Å². The molecule has 1 unspecified atom stereocenters. The maximum absolute atomic E-state index is 14.0. The van der Waals surface area contributed by atoms with Crippen LogP contribution in [0.1, 0.15) is 23.2 Å². The van der Waals surface area contributed by atoms with E-state index in [1.165, 1.54) is 17.2 Å². The molecular weight excluding hydrogens is 324 g/mol. The Morgan fingerprint density at radius 3 is 2.83 bits per heavy atom. The van der Waals surface area contributed by atoms with Gasteiger partial charge in [0.05, 0.1) is 11.3 Å². The second kappa shape index (κ2) is 4.95. The number of hydrogen-bond donors (Lipinski definition) is 1. The number of piperidine rings is 1. The van der Waals surface area contributed by atoms with Gasteiger partial charge in [-0.05, 0) is 18.6 Å². The Kier molecular flexibility index (Phi) is 2.99. The van der Waals surface area contributed by atoms with Crippen molar-refractivity contribution in [1.29, 1.82) is 0 Å². The lowest BCUT2D eigenvalue weighted by atomic mass is 10.0.